The zero-order valence-corrected chi connectivity index (χ0v) is 13.7. The highest BCUT2D eigenvalue weighted by Crippen LogP contribution is 2.14. The third-order valence-electron chi connectivity index (χ3n) is 3.74. The molecule has 2 N–H and O–H groups in total. The van der Waals surface area contributed by atoms with E-state index in [2.05, 4.69) is 15.6 Å². The summed E-state index contributed by atoms with van der Waals surface area (Å²) in [7, 11) is 1.69. The highest BCUT2D eigenvalue weighted by Gasteiger charge is 2.16. The van der Waals surface area contributed by atoms with Crippen LogP contribution in [0.2, 0.25) is 5.02 Å². The molecule has 120 valence electrons. The second-order valence-corrected chi connectivity index (χ2v) is 5.72. The van der Waals surface area contributed by atoms with E-state index < -0.39 is 0 Å². The molecule has 22 heavy (non-hydrogen) atoms. The van der Waals surface area contributed by atoms with E-state index in [1.54, 1.807) is 7.05 Å². The van der Waals surface area contributed by atoms with Gasteiger partial charge in [0.15, 0.2) is 5.96 Å². The van der Waals surface area contributed by atoms with Gasteiger partial charge in [-0.1, -0.05) is 29.8 Å². The first-order valence-corrected chi connectivity index (χ1v) is 8.04. The maximum absolute atomic E-state index is 12.1. The number of aliphatic imine (C=N–C) groups is 1. The Balaban J connectivity index is 1.77. The predicted octanol–water partition coefficient (Wildman–Crippen LogP) is 2.02. The summed E-state index contributed by atoms with van der Waals surface area (Å²) in [4.78, 5) is 18.2. The Morgan fingerprint density at radius 1 is 1.23 bits per heavy atom. The lowest BCUT2D eigenvalue weighted by Crippen LogP contribution is -2.45. The lowest BCUT2D eigenvalue weighted by molar-refractivity contribution is -0.130. The topological polar surface area (TPSA) is 56.7 Å². The molecule has 6 heteroatoms. The number of piperidine rings is 1. The molecule has 1 saturated heterocycles. The van der Waals surface area contributed by atoms with Crippen molar-refractivity contribution < 1.29 is 4.79 Å². The van der Waals surface area contributed by atoms with Gasteiger partial charge in [0.25, 0.3) is 0 Å². The van der Waals surface area contributed by atoms with Gasteiger partial charge in [-0.05, 0) is 30.9 Å². The first kappa shape index (κ1) is 16.6. The van der Waals surface area contributed by atoms with Crippen molar-refractivity contribution in [3.63, 3.8) is 0 Å². The monoisotopic (exact) mass is 322 g/mol. The van der Waals surface area contributed by atoms with Crippen LogP contribution in [0.15, 0.2) is 29.3 Å². The normalized spacial score (nSPS) is 15.5. The van der Waals surface area contributed by atoms with Gasteiger partial charge in [-0.3, -0.25) is 9.79 Å². The van der Waals surface area contributed by atoms with E-state index >= 15 is 0 Å². The number of carbonyl (C=O) groups excluding carboxylic acids is 1. The molecular weight excluding hydrogens is 300 g/mol. The van der Waals surface area contributed by atoms with Gasteiger partial charge in [0.1, 0.15) is 0 Å². The number of rotatable bonds is 4. The second kappa shape index (κ2) is 8.63. The number of guanidine groups is 1. The van der Waals surface area contributed by atoms with E-state index in [1.807, 2.05) is 29.2 Å². The van der Waals surface area contributed by atoms with Crippen LogP contribution in [-0.2, 0) is 11.3 Å². The standard InChI is InChI=1S/C16H23ClN4O/c1-18-16(19-11-13-7-3-4-8-14(13)17)20-12-15(22)21-9-5-2-6-10-21/h3-4,7-8H,2,5-6,9-12H2,1H3,(H2,18,19,20). The quantitative estimate of drug-likeness (QED) is 0.658. The van der Waals surface area contributed by atoms with E-state index in [0.717, 1.165) is 36.5 Å². The second-order valence-electron chi connectivity index (χ2n) is 5.31. The Morgan fingerprint density at radius 3 is 2.64 bits per heavy atom. The number of nitrogens with zero attached hydrogens (tertiary/aromatic N) is 2. The van der Waals surface area contributed by atoms with Crippen molar-refractivity contribution in [2.75, 3.05) is 26.7 Å². The van der Waals surface area contributed by atoms with Crippen molar-refractivity contribution in [1.82, 2.24) is 15.5 Å². The van der Waals surface area contributed by atoms with Gasteiger partial charge in [-0.25, -0.2) is 0 Å². The molecule has 2 rings (SSSR count). The molecule has 1 amide bonds. The van der Waals surface area contributed by atoms with E-state index in [-0.39, 0.29) is 12.5 Å². The minimum atomic E-state index is 0.125. The van der Waals surface area contributed by atoms with Crippen molar-refractivity contribution in [3.8, 4) is 0 Å². The van der Waals surface area contributed by atoms with E-state index in [0.29, 0.717) is 12.5 Å². The average Bonchev–Trinajstić information content (AvgIpc) is 2.57. The number of nitrogens with one attached hydrogen (secondary N) is 2. The number of likely N-dealkylation sites (tertiary alicyclic amines) is 1. The largest absolute Gasteiger partial charge is 0.352 e. The molecule has 0 saturated carbocycles. The molecular formula is C16H23ClN4O. The molecule has 1 aliphatic heterocycles. The molecule has 0 aliphatic carbocycles. The Hall–Kier alpha value is -1.75. The fraction of sp³-hybridized carbons (Fsp3) is 0.500. The van der Waals surface area contributed by atoms with Gasteiger partial charge < -0.3 is 15.5 Å². The zero-order chi connectivity index (χ0) is 15.8. The van der Waals surface area contributed by atoms with Crippen LogP contribution in [0.25, 0.3) is 0 Å². The number of halogens is 1. The van der Waals surface area contributed by atoms with Crippen molar-refractivity contribution in [2.24, 2.45) is 4.99 Å². The maximum Gasteiger partial charge on any atom is 0.241 e. The molecule has 0 aromatic heterocycles. The van der Waals surface area contributed by atoms with E-state index in [1.165, 1.54) is 6.42 Å². The Bertz CT molecular complexity index is 527. The fourth-order valence-corrected chi connectivity index (χ4v) is 2.66. The van der Waals surface area contributed by atoms with Gasteiger partial charge >= 0.3 is 0 Å². The van der Waals surface area contributed by atoms with Crippen LogP contribution in [0.3, 0.4) is 0 Å². The molecule has 0 spiro atoms. The highest BCUT2D eigenvalue weighted by molar-refractivity contribution is 6.31. The summed E-state index contributed by atoms with van der Waals surface area (Å²) in [6.45, 7) is 2.57. The first-order valence-electron chi connectivity index (χ1n) is 7.66. The van der Waals surface area contributed by atoms with Gasteiger partial charge in [-0.15, -0.1) is 0 Å². The van der Waals surface area contributed by atoms with Gasteiger partial charge in [-0.2, -0.15) is 0 Å². The molecule has 0 atom stereocenters. The minimum Gasteiger partial charge on any atom is -0.352 e. The maximum atomic E-state index is 12.1. The number of hydrogen-bond acceptors (Lipinski definition) is 2. The lowest BCUT2D eigenvalue weighted by Gasteiger charge is -2.27. The van der Waals surface area contributed by atoms with Crippen LogP contribution >= 0.6 is 11.6 Å². The summed E-state index contributed by atoms with van der Waals surface area (Å²) in [6, 6.07) is 7.66. The molecule has 0 unspecified atom stereocenters. The van der Waals surface area contributed by atoms with Crippen LogP contribution in [0.1, 0.15) is 24.8 Å². The molecule has 1 aromatic carbocycles. The SMILES string of the molecule is CN=C(NCC(=O)N1CCCCC1)NCc1ccccc1Cl. The third-order valence-corrected chi connectivity index (χ3v) is 4.11. The summed E-state index contributed by atoms with van der Waals surface area (Å²) in [5, 5.41) is 6.95. The van der Waals surface area contributed by atoms with Crippen LogP contribution < -0.4 is 10.6 Å². The molecule has 1 aromatic rings. The Morgan fingerprint density at radius 2 is 1.95 bits per heavy atom. The lowest BCUT2D eigenvalue weighted by atomic mass is 10.1. The molecule has 1 fully saturated rings. The number of benzene rings is 1. The number of carbonyl (C=O) groups is 1. The van der Waals surface area contributed by atoms with E-state index in [4.69, 9.17) is 11.6 Å². The summed E-state index contributed by atoms with van der Waals surface area (Å²) in [6.07, 6.45) is 3.43. The zero-order valence-electron chi connectivity index (χ0n) is 12.9. The summed E-state index contributed by atoms with van der Waals surface area (Å²) in [5.41, 5.74) is 0.995. The summed E-state index contributed by atoms with van der Waals surface area (Å²) < 4.78 is 0. The van der Waals surface area contributed by atoms with Crippen LogP contribution in [0.5, 0.6) is 0 Å². The van der Waals surface area contributed by atoms with E-state index in [9.17, 15) is 4.79 Å². The number of hydrogen-bond donors (Lipinski definition) is 2. The van der Waals surface area contributed by atoms with Crippen LogP contribution in [-0.4, -0.2) is 43.4 Å². The summed E-state index contributed by atoms with van der Waals surface area (Å²) >= 11 is 6.12. The van der Waals surface area contributed by atoms with Crippen molar-refractivity contribution in [1.29, 1.82) is 0 Å². The predicted molar refractivity (Wildman–Crippen MR) is 90.1 cm³/mol. The fourth-order valence-electron chi connectivity index (χ4n) is 2.46. The molecule has 1 heterocycles. The van der Waals surface area contributed by atoms with Gasteiger partial charge in [0.05, 0.1) is 6.54 Å². The van der Waals surface area contributed by atoms with Crippen molar-refractivity contribution in [3.05, 3.63) is 34.9 Å². The highest BCUT2D eigenvalue weighted by atomic mass is 35.5. The van der Waals surface area contributed by atoms with Crippen LogP contribution in [0, 0.1) is 0 Å². The van der Waals surface area contributed by atoms with Crippen molar-refractivity contribution >= 4 is 23.5 Å². The third kappa shape index (κ3) is 4.91. The smallest absolute Gasteiger partial charge is 0.241 e. The molecule has 5 nitrogen and oxygen atoms in total. The van der Waals surface area contributed by atoms with Gasteiger partial charge in [0, 0.05) is 31.7 Å². The minimum absolute atomic E-state index is 0.125. The molecule has 0 radical (unpaired) electrons. The summed E-state index contributed by atoms with van der Waals surface area (Å²) in [5.74, 6) is 0.727. The molecule has 1 aliphatic rings. The Kier molecular flexibility index (Phi) is 6.52. The molecule has 0 bridgehead atoms. The van der Waals surface area contributed by atoms with Crippen LogP contribution in [0.4, 0.5) is 0 Å². The number of amides is 1. The van der Waals surface area contributed by atoms with Crippen molar-refractivity contribution in [2.45, 2.75) is 25.8 Å². The Labute approximate surface area is 136 Å². The van der Waals surface area contributed by atoms with Gasteiger partial charge in [0.2, 0.25) is 5.91 Å². The first-order chi connectivity index (χ1) is 10.7. The average molecular weight is 323 g/mol.